The number of thiophene rings is 2. The van der Waals surface area contributed by atoms with Crippen LogP contribution in [0.4, 0.5) is 0 Å². The van der Waals surface area contributed by atoms with E-state index in [2.05, 4.69) is 10.1 Å². The van der Waals surface area contributed by atoms with Crippen molar-refractivity contribution in [1.29, 1.82) is 0 Å². The predicted molar refractivity (Wildman–Crippen MR) is 123 cm³/mol. The number of ether oxygens (including phenoxy) is 1. The lowest BCUT2D eigenvalue weighted by molar-refractivity contribution is -0.149. The predicted octanol–water partition coefficient (Wildman–Crippen LogP) is 4.89. The number of hydrazone groups is 1. The molecule has 4 heterocycles. The van der Waals surface area contributed by atoms with Gasteiger partial charge in [-0.25, -0.2) is 14.8 Å². The molecule has 0 N–H and O–H groups in total. The first kappa shape index (κ1) is 20.3. The molecule has 9 heteroatoms. The lowest BCUT2D eigenvalue weighted by Crippen LogP contribution is -2.30. The minimum Gasteiger partial charge on any atom is -0.452 e. The summed E-state index contributed by atoms with van der Waals surface area (Å²) >= 11 is 3.15. The molecule has 4 aromatic rings. The van der Waals surface area contributed by atoms with Gasteiger partial charge in [0, 0.05) is 23.5 Å². The van der Waals surface area contributed by atoms with E-state index in [-0.39, 0.29) is 17.8 Å². The van der Waals surface area contributed by atoms with Gasteiger partial charge in [0.2, 0.25) is 5.89 Å². The van der Waals surface area contributed by atoms with Crippen LogP contribution in [0.5, 0.6) is 0 Å². The molecule has 1 amide bonds. The van der Waals surface area contributed by atoms with Crippen LogP contribution >= 0.6 is 22.7 Å². The van der Waals surface area contributed by atoms with Gasteiger partial charge in [-0.05, 0) is 35.0 Å². The molecule has 0 aliphatic carbocycles. The maximum absolute atomic E-state index is 12.9. The molecule has 1 aliphatic heterocycles. The van der Waals surface area contributed by atoms with Crippen molar-refractivity contribution in [1.82, 2.24) is 9.99 Å². The maximum atomic E-state index is 12.9. The summed E-state index contributed by atoms with van der Waals surface area (Å²) < 4.78 is 10.7. The molecule has 1 aromatic carbocycles. The summed E-state index contributed by atoms with van der Waals surface area (Å²) in [6.45, 7) is -0.403. The van der Waals surface area contributed by atoms with Gasteiger partial charge in [0.1, 0.15) is 5.52 Å². The number of amides is 1. The summed E-state index contributed by atoms with van der Waals surface area (Å²) in [4.78, 5) is 31.3. The van der Waals surface area contributed by atoms with Crippen molar-refractivity contribution in [3.8, 4) is 0 Å². The van der Waals surface area contributed by atoms with E-state index in [0.717, 1.165) is 15.5 Å². The van der Waals surface area contributed by atoms with Gasteiger partial charge in [0.25, 0.3) is 5.91 Å². The molecule has 1 aliphatic rings. The number of oxazole rings is 1. The van der Waals surface area contributed by atoms with Gasteiger partial charge in [0.05, 0.1) is 16.6 Å². The normalized spacial score (nSPS) is 16.1. The average molecular weight is 464 g/mol. The minimum absolute atomic E-state index is 0.200. The maximum Gasteiger partial charge on any atom is 0.331 e. The minimum atomic E-state index is -0.657. The topological polar surface area (TPSA) is 85.0 Å². The Bertz CT molecular complexity index is 1270. The van der Waals surface area contributed by atoms with Crippen LogP contribution in [0, 0.1) is 0 Å². The van der Waals surface area contributed by atoms with Crippen molar-refractivity contribution in [2.45, 2.75) is 12.5 Å². The highest BCUT2D eigenvalue weighted by atomic mass is 32.1. The van der Waals surface area contributed by atoms with E-state index in [1.807, 2.05) is 53.2 Å². The van der Waals surface area contributed by atoms with Gasteiger partial charge < -0.3 is 9.15 Å². The van der Waals surface area contributed by atoms with E-state index in [0.29, 0.717) is 17.5 Å². The molecule has 5 rings (SSSR count). The third-order valence-electron chi connectivity index (χ3n) is 4.85. The van der Waals surface area contributed by atoms with Crippen molar-refractivity contribution in [3.63, 3.8) is 0 Å². The fourth-order valence-corrected chi connectivity index (χ4v) is 4.91. The molecule has 0 bridgehead atoms. The molecule has 0 spiro atoms. The number of rotatable bonds is 6. The number of benzene rings is 1. The number of hydrogen-bond acceptors (Lipinski definition) is 8. The summed E-state index contributed by atoms with van der Waals surface area (Å²) in [6.07, 6.45) is 3.24. The first-order valence-electron chi connectivity index (χ1n) is 9.84. The highest BCUT2D eigenvalue weighted by Crippen LogP contribution is 2.35. The summed E-state index contributed by atoms with van der Waals surface area (Å²) in [5.74, 6) is -0.745. The monoisotopic (exact) mass is 463 g/mol. The molecule has 32 heavy (non-hydrogen) atoms. The lowest BCUT2D eigenvalue weighted by Gasteiger charge is -2.20. The third-order valence-corrected chi connectivity index (χ3v) is 6.75. The molecule has 0 radical (unpaired) electrons. The van der Waals surface area contributed by atoms with Gasteiger partial charge in [-0.15, -0.1) is 22.7 Å². The fourth-order valence-electron chi connectivity index (χ4n) is 3.38. The first-order valence-corrected chi connectivity index (χ1v) is 11.6. The highest BCUT2D eigenvalue weighted by Gasteiger charge is 2.34. The number of carbonyl (C=O) groups excluding carboxylic acids is 2. The number of aromatic nitrogens is 1. The zero-order valence-corrected chi connectivity index (χ0v) is 18.3. The third kappa shape index (κ3) is 4.25. The number of fused-ring (bicyclic) bond motifs is 1. The second kappa shape index (κ2) is 8.89. The zero-order chi connectivity index (χ0) is 21.9. The Morgan fingerprint density at radius 2 is 1.97 bits per heavy atom. The van der Waals surface area contributed by atoms with Gasteiger partial charge in [-0.1, -0.05) is 24.3 Å². The van der Waals surface area contributed by atoms with E-state index in [1.165, 1.54) is 17.2 Å². The lowest BCUT2D eigenvalue weighted by atomic mass is 10.1. The Balaban J connectivity index is 1.25. The standard InChI is InChI=1S/C23H17N3O4S2/c27-22(14-29-23(28)10-9-21-24-15-5-1-2-6-18(15)30-21)26-17(20-8-4-12-32-20)13-16(25-26)19-7-3-11-31-19/h1-12,17H,13-14H2/b10-9+. The van der Waals surface area contributed by atoms with Crippen LogP contribution in [-0.2, 0) is 14.3 Å². The smallest absolute Gasteiger partial charge is 0.331 e. The SMILES string of the molecule is O=C(/C=C/c1nc2ccccc2o1)OCC(=O)N1N=C(c2cccs2)CC1c1cccs1. The molecule has 7 nitrogen and oxygen atoms in total. The van der Waals surface area contributed by atoms with Gasteiger partial charge in [-0.3, -0.25) is 4.79 Å². The molecule has 1 atom stereocenters. The summed E-state index contributed by atoms with van der Waals surface area (Å²) in [5, 5.41) is 9.93. The average Bonchev–Trinajstić information content (AvgIpc) is 3.61. The number of esters is 1. The van der Waals surface area contributed by atoms with Crippen molar-refractivity contribution in [3.05, 3.63) is 81.0 Å². The van der Waals surface area contributed by atoms with Crippen LogP contribution in [0.3, 0.4) is 0 Å². The molecular weight excluding hydrogens is 446 g/mol. The van der Waals surface area contributed by atoms with Crippen molar-refractivity contribution >= 4 is 57.4 Å². The fraction of sp³-hybridized carbons (Fsp3) is 0.130. The molecular formula is C23H17N3O4S2. The quantitative estimate of drug-likeness (QED) is 0.300. The second-order valence-corrected chi connectivity index (χ2v) is 8.89. The van der Waals surface area contributed by atoms with Crippen LogP contribution in [0.15, 0.2) is 74.9 Å². The van der Waals surface area contributed by atoms with Gasteiger partial charge >= 0.3 is 5.97 Å². The summed E-state index contributed by atoms with van der Waals surface area (Å²) in [6, 6.07) is 15.0. The molecule has 1 unspecified atom stereocenters. The Morgan fingerprint density at radius 1 is 1.12 bits per heavy atom. The highest BCUT2D eigenvalue weighted by molar-refractivity contribution is 7.12. The number of hydrogen-bond donors (Lipinski definition) is 0. The largest absolute Gasteiger partial charge is 0.452 e. The summed E-state index contributed by atoms with van der Waals surface area (Å²) in [7, 11) is 0. The first-order chi connectivity index (χ1) is 15.7. The van der Waals surface area contributed by atoms with Crippen LogP contribution < -0.4 is 0 Å². The van der Waals surface area contributed by atoms with Crippen LogP contribution in [0.25, 0.3) is 17.2 Å². The Hall–Kier alpha value is -3.56. The molecule has 0 saturated heterocycles. The van der Waals surface area contributed by atoms with Crippen molar-refractivity contribution in [2.75, 3.05) is 6.61 Å². The molecule has 0 saturated carbocycles. The molecule has 0 fully saturated rings. The van der Waals surface area contributed by atoms with Crippen LogP contribution in [-0.4, -0.2) is 34.2 Å². The van der Waals surface area contributed by atoms with Gasteiger partial charge in [-0.2, -0.15) is 5.10 Å². The van der Waals surface area contributed by atoms with E-state index in [9.17, 15) is 9.59 Å². The number of para-hydroxylation sites is 2. The molecule has 3 aromatic heterocycles. The van der Waals surface area contributed by atoms with Gasteiger partial charge in [0.15, 0.2) is 12.2 Å². The Labute approximate surface area is 191 Å². The summed E-state index contributed by atoms with van der Waals surface area (Å²) in [5.41, 5.74) is 2.18. The zero-order valence-electron chi connectivity index (χ0n) is 16.7. The number of nitrogens with zero attached hydrogens (tertiary/aromatic N) is 3. The van der Waals surface area contributed by atoms with Crippen molar-refractivity contribution < 1.29 is 18.7 Å². The van der Waals surface area contributed by atoms with E-state index in [1.54, 1.807) is 28.7 Å². The van der Waals surface area contributed by atoms with E-state index in [4.69, 9.17) is 9.15 Å². The molecule has 160 valence electrons. The Kier molecular flexibility index (Phi) is 5.66. The second-order valence-electron chi connectivity index (χ2n) is 6.96. The van der Waals surface area contributed by atoms with E-state index >= 15 is 0 Å². The van der Waals surface area contributed by atoms with Crippen molar-refractivity contribution in [2.24, 2.45) is 5.10 Å². The van der Waals surface area contributed by atoms with E-state index < -0.39 is 12.6 Å². The van der Waals surface area contributed by atoms with Crippen LogP contribution in [0.2, 0.25) is 0 Å². The number of carbonyl (C=O) groups is 2. The Morgan fingerprint density at radius 3 is 2.75 bits per heavy atom. The van der Waals surface area contributed by atoms with Crippen LogP contribution in [0.1, 0.15) is 28.1 Å².